The van der Waals surface area contributed by atoms with Crippen molar-refractivity contribution in [3.05, 3.63) is 101 Å². The van der Waals surface area contributed by atoms with Crippen molar-refractivity contribution in [2.75, 3.05) is 10.6 Å². The lowest BCUT2D eigenvalue weighted by Gasteiger charge is -2.11. The molecule has 166 valence electrons. The van der Waals surface area contributed by atoms with Gasteiger partial charge in [-0.05, 0) is 36.2 Å². The van der Waals surface area contributed by atoms with Crippen LogP contribution in [0.25, 0.3) is 11.3 Å². The molecule has 0 saturated heterocycles. The fraction of sp³-hybridized carbons (Fsp3) is 0.115. The molecule has 2 amide bonds. The Hall–Kier alpha value is -4.26. The van der Waals surface area contributed by atoms with E-state index >= 15 is 0 Å². The molecule has 0 aliphatic rings. The van der Waals surface area contributed by atoms with Crippen LogP contribution in [0.2, 0.25) is 0 Å². The first-order chi connectivity index (χ1) is 15.9. The van der Waals surface area contributed by atoms with E-state index in [0.29, 0.717) is 23.7 Å². The largest absolute Gasteiger partial charge is 0.326 e. The van der Waals surface area contributed by atoms with E-state index in [1.807, 2.05) is 61.5 Å². The van der Waals surface area contributed by atoms with Crippen LogP contribution in [-0.2, 0) is 11.3 Å². The summed E-state index contributed by atoms with van der Waals surface area (Å²) in [5, 5.41) is 10.1. The second kappa shape index (κ2) is 9.48. The van der Waals surface area contributed by atoms with E-state index in [1.54, 1.807) is 10.7 Å². The van der Waals surface area contributed by atoms with Crippen LogP contribution >= 0.6 is 0 Å². The summed E-state index contributed by atoms with van der Waals surface area (Å²) in [6, 6.07) is 23.2. The van der Waals surface area contributed by atoms with E-state index in [2.05, 4.69) is 10.6 Å². The quantitative estimate of drug-likeness (QED) is 0.428. The molecule has 0 aliphatic carbocycles. The van der Waals surface area contributed by atoms with Gasteiger partial charge >= 0.3 is 0 Å². The molecule has 0 bridgehead atoms. The van der Waals surface area contributed by atoms with Gasteiger partial charge in [0.25, 0.3) is 5.91 Å². The van der Waals surface area contributed by atoms with Crippen molar-refractivity contribution in [2.24, 2.45) is 0 Å². The zero-order valence-electron chi connectivity index (χ0n) is 18.3. The van der Waals surface area contributed by atoms with Crippen LogP contribution in [0.3, 0.4) is 0 Å². The van der Waals surface area contributed by atoms with Gasteiger partial charge in [-0.2, -0.15) is 5.10 Å². The highest BCUT2D eigenvalue weighted by Crippen LogP contribution is 2.26. The Balaban J connectivity index is 1.69. The smallest absolute Gasteiger partial charge is 0.259 e. The van der Waals surface area contributed by atoms with E-state index in [0.717, 1.165) is 22.8 Å². The highest BCUT2D eigenvalue weighted by atomic mass is 19.1. The molecule has 33 heavy (non-hydrogen) atoms. The van der Waals surface area contributed by atoms with E-state index < -0.39 is 11.7 Å². The first-order valence-electron chi connectivity index (χ1n) is 10.5. The molecule has 0 atom stereocenters. The summed E-state index contributed by atoms with van der Waals surface area (Å²) in [4.78, 5) is 24.3. The first kappa shape index (κ1) is 22.0. The van der Waals surface area contributed by atoms with Gasteiger partial charge in [0, 0.05) is 24.2 Å². The van der Waals surface area contributed by atoms with Crippen molar-refractivity contribution < 1.29 is 14.0 Å². The summed E-state index contributed by atoms with van der Waals surface area (Å²) in [5.74, 6) is -1.19. The SMILES string of the molecule is CC(=O)Nc1ccc(F)c(C(=O)Nc2cc(-c3ccccc3C)nn2Cc2ccccc2)c1. The number of benzene rings is 3. The maximum atomic E-state index is 14.4. The van der Waals surface area contributed by atoms with Crippen molar-refractivity contribution in [1.29, 1.82) is 0 Å². The number of carbonyl (C=O) groups is 2. The summed E-state index contributed by atoms with van der Waals surface area (Å²) in [6.45, 7) is 3.77. The number of amides is 2. The van der Waals surface area contributed by atoms with Gasteiger partial charge in [-0.25, -0.2) is 9.07 Å². The third-order valence-electron chi connectivity index (χ3n) is 5.15. The maximum absolute atomic E-state index is 14.4. The van der Waals surface area contributed by atoms with E-state index in [1.165, 1.54) is 19.1 Å². The van der Waals surface area contributed by atoms with Gasteiger partial charge in [0.15, 0.2) is 0 Å². The Morgan fingerprint density at radius 3 is 2.39 bits per heavy atom. The third-order valence-corrected chi connectivity index (χ3v) is 5.15. The monoisotopic (exact) mass is 442 g/mol. The van der Waals surface area contributed by atoms with Crippen LogP contribution in [0.15, 0.2) is 78.9 Å². The number of nitrogens with one attached hydrogen (secondary N) is 2. The Morgan fingerprint density at radius 2 is 1.67 bits per heavy atom. The summed E-state index contributed by atoms with van der Waals surface area (Å²) in [7, 11) is 0. The number of hydrogen-bond acceptors (Lipinski definition) is 3. The van der Waals surface area contributed by atoms with Crippen LogP contribution in [-0.4, -0.2) is 21.6 Å². The fourth-order valence-corrected chi connectivity index (χ4v) is 3.55. The highest BCUT2D eigenvalue weighted by molar-refractivity contribution is 6.05. The highest BCUT2D eigenvalue weighted by Gasteiger charge is 2.18. The minimum atomic E-state index is -0.685. The minimum Gasteiger partial charge on any atom is -0.326 e. The lowest BCUT2D eigenvalue weighted by molar-refractivity contribution is -0.114. The Bertz CT molecular complexity index is 1320. The number of hydrogen-bond donors (Lipinski definition) is 2. The van der Waals surface area contributed by atoms with Crippen molar-refractivity contribution in [3.8, 4) is 11.3 Å². The molecule has 4 rings (SSSR count). The molecular formula is C26H23FN4O2. The van der Waals surface area contributed by atoms with Crippen LogP contribution in [0.1, 0.15) is 28.4 Å². The van der Waals surface area contributed by atoms with E-state index in [-0.39, 0.29) is 11.5 Å². The van der Waals surface area contributed by atoms with Crippen LogP contribution in [0, 0.1) is 12.7 Å². The Labute approximate surface area is 191 Å². The number of anilines is 2. The summed E-state index contributed by atoms with van der Waals surface area (Å²) >= 11 is 0. The maximum Gasteiger partial charge on any atom is 0.259 e. The molecule has 7 heteroatoms. The predicted octanol–water partition coefficient (Wildman–Crippen LogP) is 5.26. The lowest BCUT2D eigenvalue weighted by Crippen LogP contribution is -2.18. The van der Waals surface area contributed by atoms with Crippen LogP contribution < -0.4 is 10.6 Å². The predicted molar refractivity (Wildman–Crippen MR) is 127 cm³/mol. The molecule has 4 aromatic rings. The molecule has 1 aromatic heterocycles. The van der Waals surface area contributed by atoms with Gasteiger partial charge in [-0.3, -0.25) is 9.59 Å². The molecular weight excluding hydrogens is 419 g/mol. The van der Waals surface area contributed by atoms with Crippen LogP contribution in [0.5, 0.6) is 0 Å². The average molecular weight is 442 g/mol. The summed E-state index contributed by atoms with van der Waals surface area (Å²) in [6.07, 6.45) is 0. The lowest BCUT2D eigenvalue weighted by atomic mass is 10.1. The van der Waals surface area contributed by atoms with Gasteiger partial charge in [0.05, 0.1) is 17.8 Å². The van der Waals surface area contributed by atoms with Crippen molar-refractivity contribution >= 4 is 23.3 Å². The van der Waals surface area contributed by atoms with Crippen molar-refractivity contribution in [3.63, 3.8) is 0 Å². The van der Waals surface area contributed by atoms with Gasteiger partial charge < -0.3 is 10.6 Å². The van der Waals surface area contributed by atoms with Crippen LogP contribution in [0.4, 0.5) is 15.9 Å². The van der Waals surface area contributed by atoms with E-state index in [9.17, 15) is 14.0 Å². The second-order valence-electron chi connectivity index (χ2n) is 7.70. The molecule has 0 saturated carbocycles. The fourth-order valence-electron chi connectivity index (χ4n) is 3.55. The van der Waals surface area contributed by atoms with Crippen molar-refractivity contribution in [2.45, 2.75) is 20.4 Å². The Kier molecular flexibility index (Phi) is 6.31. The normalized spacial score (nSPS) is 10.6. The zero-order chi connectivity index (χ0) is 23.4. The molecule has 0 unspecified atom stereocenters. The number of aryl methyl sites for hydroxylation is 1. The Morgan fingerprint density at radius 1 is 0.939 bits per heavy atom. The number of rotatable bonds is 6. The summed E-state index contributed by atoms with van der Waals surface area (Å²) in [5.41, 5.74) is 3.86. The van der Waals surface area contributed by atoms with Gasteiger partial charge in [-0.15, -0.1) is 0 Å². The third kappa shape index (κ3) is 5.15. The van der Waals surface area contributed by atoms with Gasteiger partial charge in [0.2, 0.25) is 5.91 Å². The molecule has 0 radical (unpaired) electrons. The van der Waals surface area contributed by atoms with Gasteiger partial charge in [-0.1, -0.05) is 54.6 Å². The van der Waals surface area contributed by atoms with Crippen molar-refractivity contribution in [1.82, 2.24) is 9.78 Å². The molecule has 1 heterocycles. The molecule has 2 N–H and O–H groups in total. The molecule has 0 spiro atoms. The first-order valence-corrected chi connectivity index (χ1v) is 10.5. The van der Waals surface area contributed by atoms with E-state index in [4.69, 9.17) is 5.10 Å². The standard InChI is InChI=1S/C26H23FN4O2/c1-17-8-6-7-11-21(17)24-15-25(31(30-24)16-19-9-4-3-5-10-19)29-26(33)22-14-20(28-18(2)32)12-13-23(22)27/h3-15H,16H2,1-2H3,(H,28,32)(H,29,33). The topological polar surface area (TPSA) is 76.0 Å². The number of halogens is 1. The molecule has 3 aromatic carbocycles. The summed E-state index contributed by atoms with van der Waals surface area (Å²) < 4.78 is 16.1. The average Bonchev–Trinajstić information content (AvgIpc) is 3.17. The molecule has 0 aliphatic heterocycles. The number of nitrogens with zero attached hydrogens (tertiary/aromatic N) is 2. The molecule has 6 nitrogen and oxygen atoms in total. The molecule has 0 fully saturated rings. The second-order valence-corrected chi connectivity index (χ2v) is 7.70. The van der Waals surface area contributed by atoms with Gasteiger partial charge in [0.1, 0.15) is 11.6 Å². The zero-order valence-corrected chi connectivity index (χ0v) is 18.3. The number of aromatic nitrogens is 2. The minimum absolute atomic E-state index is 0.175. The number of carbonyl (C=O) groups excluding carboxylic acids is 2.